The minimum Gasteiger partial charge on any atom is -0.352 e. The van der Waals surface area contributed by atoms with E-state index in [2.05, 4.69) is 5.32 Å². The Labute approximate surface area is 247 Å². The number of carbonyl (C=O) groups excluding carboxylic acids is 2. The van der Waals surface area contributed by atoms with Gasteiger partial charge in [0.05, 0.1) is 20.6 Å². The predicted molar refractivity (Wildman–Crippen MR) is 161 cm³/mol. The molecule has 0 radical (unpaired) electrons. The number of halogens is 2. The van der Waals surface area contributed by atoms with Crippen molar-refractivity contribution in [2.75, 3.05) is 17.4 Å². The molecule has 2 atom stereocenters. The van der Waals surface area contributed by atoms with Gasteiger partial charge >= 0.3 is 0 Å². The molecular weight excluding hydrogens is 569 g/mol. The third kappa shape index (κ3) is 7.99. The molecule has 0 heterocycles. The molecule has 0 aromatic heterocycles. The number of aryl methyl sites for hydroxylation is 1. The van der Waals surface area contributed by atoms with Crippen LogP contribution in [0.1, 0.15) is 38.3 Å². The third-order valence-electron chi connectivity index (χ3n) is 6.73. The first-order valence-electron chi connectivity index (χ1n) is 13.1. The molecule has 0 fully saturated rings. The van der Waals surface area contributed by atoms with E-state index in [0.717, 1.165) is 21.9 Å². The molecule has 3 aromatic carbocycles. The molecule has 3 aromatic rings. The van der Waals surface area contributed by atoms with E-state index in [1.54, 1.807) is 19.1 Å². The molecule has 214 valence electrons. The molecular formula is C30H35Cl2N3O4S. The number of amides is 2. The van der Waals surface area contributed by atoms with Crippen LogP contribution in [0.5, 0.6) is 0 Å². The second-order valence-electron chi connectivity index (χ2n) is 9.74. The van der Waals surface area contributed by atoms with Crippen molar-refractivity contribution in [2.24, 2.45) is 0 Å². The van der Waals surface area contributed by atoms with E-state index in [9.17, 15) is 18.0 Å². The fourth-order valence-electron chi connectivity index (χ4n) is 4.04. The second kappa shape index (κ2) is 14.0. The summed E-state index contributed by atoms with van der Waals surface area (Å²) in [7, 11) is -4.18. The number of rotatable bonds is 12. The summed E-state index contributed by atoms with van der Waals surface area (Å²) in [5.74, 6) is -0.831. The molecule has 0 aliphatic carbocycles. The molecule has 0 bridgehead atoms. The zero-order chi connectivity index (χ0) is 29.4. The number of nitrogens with zero attached hydrogens (tertiary/aromatic N) is 2. The van der Waals surface area contributed by atoms with Crippen LogP contribution in [0, 0.1) is 6.92 Å². The normalized spacial score (nSPS) is 12.8. The summed E-state index contributed by atoms with van der Waals surface area (Å²) in [6, 6.07) is 19.5. The van der Waals surface area contributed by atoms with Gasteiger partial charge in [-0.3, -0.25) is 13.9 Å². The Kier molecular flexibility index (Phi) is 11.0. The van der Waals surface area contributed by atoms with Gasteiger partial charge in [-0.1, -0.05) is 78.2 Å². The van der Waals surface area contributed by atoms with Gasteiger partial charge in [0.2, 0.25) is 11.8 Å². The lowest BCUT2D eigenvalue weighted by molar-refractivity contribution is -0.139. The standard InChI is InChI=1S/C30H35Cl2N3O4S/c1-5-22(3)33-30(37)23(4)34(18-17-24-9-7-6-8-10-24)29(36)20-35(25-13-16-27(31)28(32)19-25)40(38,39)26-14-11-21(2)12-15-26/h6-16,19,22-23H,5,17-18,20H2,1-4H3,(H,33,37)/t22-,23-/m0/s1. The summed E-state index contributed by atoms with van der Waals surface area (Å²) < 4.78 is 28.7. The summed E-state index contributed by atoms with van der Waals surface area (Å²) in [5.41, 5.74) is 2.07. The molecule has 10 heteroatoms. The van der Waals surface area contributed by atoms with Crippen LogP contribution in [0.4, 0.5) is 5.69 Å². The van der Waals surface area contributed by atoms with Crippen molar-refractivity contribution in [1.29, 1.82) is 0 Å². The van der Waals surface area contributed by atoms with Gasteiger partial charge < -0.3 is 10.2 Å². The van der Waals surface area contributed by atoms with Crippen molar-refractivity contribution in [2.45, 2.75) is 57.5 Å². The summed E-state index contributed by atoms with van der Waals surface area (Å²) in [6.07, 6.45) is 1.22. The van der Waals surface area contributed by atoms with E-state index in [1.165, 1.54) is 35.2 Å². The highest BCUT2D eigenvalue weighted by Gasteiger charge is 2.32. The number of anilines is 1. The maximum atomic E-state index is 13.9. The minimum atomic E-state index is -4.18. The maximum Gasteiger partial charge on any atom is 0.264 e. The van der Waals surface area contributed by atoms with Gasteiger partial charge in [0.1, 0.15) is 12.6 Å². The molecule has 40 heavy (non-hydrogen) atoms. The summed E-state index contributed by atoms with van der Waals surface area (Å²) in [6.45, 7) is 7.03. The number of hydrogen-bond acceptors (Lipinski definition) is 4. The first-order chi connectivity index (χ1) is 18.9. The molecule has 1 N–H and O–H groups in total. The monoisotopic (exact) mass is 603 g/mol. The Balaban J connectivity index is 2.00. The van der Waals surface area contributed by atoms with Crippen LogP contribution in [-0.2, 0) is 26.0 Å². The number of sulfonamides is 1. The van der Waals surface area contributed by atoms with E-state index in [1.807, 2.05) is 51.1 Å². The van der Waals surface area contributed by atoms with Crippen LogP contribution in [0.3, 0.4) is 0 Å². The molecule has 0 aliphatic heterocycles. The van der Waals surface area contributed by atoms with Crippen molar-refractivity contribution in [3.8, 4) is 0 Å². The maximum absolute atomic E-state index is 13.9. The zero-order valence-corrected chi connectivity index (χ0v) is 25.4. The van der Waals surface area contributed by atoms with Crippen LogP contribution in [-0.4, -0.2) is 50.3 Å². The predicted octanol–water partition coefficient (Wildman–Crippen LogP) is 5.87. The Morgan fingerprint density at radius 3 is 2.17 bits per heavy atom. The van der Waals surface area contributed by atoms with Gasteiger partial charge in [-0.05, 0) is 69.5 Å². The molecule has 2 amide bonds. The van der Waals surface area contributed by atoms with E-state index in [0.29, 0.717) is 6.42 Å². The molecule has 0 saturated heterocycles. The number of hydrogen-bond donors (Lipinski definition) is 1. The summed E-state index contributed by atoms with van der Waals surface area (Å²) in [5, 5.41) is 3.33. The Hall–Kier alpha value is -3.07. The quantitative estimate of drug-likeness (QED) is 0.280. The highest BCUT2D eigenvalue weighted by molar-refractivity contribution is 7.92. The first kappa shape index (κ1) is 31.5. The van der Waals surface area contributed by atoms with Crippen LogP contribution >= 0.6 is 23.2 Å². The molecule has 0 saturated carbocycles. The lowest BCUT2D eigenvalue weighted by Crippen LogP contribution is -2.53. The number of nitrogens with one attached hydrogen (secondary N) is 1. The Morgan fingerprint density at radius 1 is 0.925 bits per heavy atom. The highest BCUT2D eigenvalue weighted by atomic mass is 35.5. The average molecular weight is 605 g/mol. The topological polar surface area (TPSA) is 86.8 Å². The molecule has 7 nitrogen and oxygen atoms in total. The van der Waals surface area contributed by atoms with Crippen molar-refractivity contribution >= 4 is 50.7 Å². The Bertz CT molecular complexity index is 1420. The molecule has 0 spiro atoms. The molecule has 3 rings (SSSR count). The lowest BCUT2D eigenvalue weighted by atomic mass is 10.1. The minimum absolute atomic E-state index is 0.0235. The first-order valence-corrected chi connectivity index (χ1v) is 15.3. The SMILES string of the molecule is CC[C@H](C)NC(=O)[C@H](C)N(CCc1ccccc1)C(=O)CN(c1ccc(Cl)c(Cl)c1)S(=O)(=O)c1ccc(C)cc1. The van der Waals surface area contributed by atoms with Gasteiger partial charge in [-0.15, -0.1) is 0 Å². The largest absolute Gasteiger partial charge is 0.352 e. The zero-order valence-electron chi connectivity index (χ0n) is 23.1. The number of carbonyl (C=O) groups is 2. The van der Waals surface area contributed by atoms with Crippen LogP contribution < -0.4 is 9.62 Å². The van der Waals surface area contributed by atoms with E-state index in [4.69, 9.17) is 23.2 Å². The van der Waals surface area contributed by atoms with Crippen molar-refractivity contribution in [1.82, 2.24) is 10.2 Å². The molecule has 0 aliphatic rings. The fraction of sp³-hybridized carbons (Fsp3) is 0.333. The average Bonchev–Trinajstić information content (AvgIpc) is 2.93. The van der Waals surface area contributed by atoms with Gasteiger partial charge in [0.15, 0.2) is 0 Å². The van der Waals surface area contributed by atoms with Gasteiger partial charge in [0.25, 0.3) is 10.0 Å². The number of benzene rings is 3. The lowest BCUT2D eigenvalue weighted by Gasteiger charge is -2.32. The van der Waals surface area contributed by atoms with Crippen molar-refractivity contribution < 1.29 is 18.0 Å². The Morgan fingerprint density at radius 2 is 1.57 bits per heavy atom. The summed E-state index contributed by atoms with van der Waals surface area (Å²) >= 11 is 12.3. The van der Waals surface area contributed by atoms with Gasteiger partial charge in [-0.25, -0.2) is 8.42 Å². The van der Waals surface area contributed by atoms with Crippen molar-refractivity contribution in [3.63, 3.8) is 0 Å². The van der Waals surface area contributed by atoms with Crippen LogP contribution in [0.15, 0.2) is 77.7 Å². The van der Waals surface area contributed by atoms with Crippen molar-refractivity contribution in [3.05, 3.63) is 94.0 Å². The highest BCUT2D eigenvalue weighted by Crippen LogP contribution is 2.31. The van der Waals surface area contributed by atoms with Crippen LogP contribution in [0.2, 0.25) is 10.0 Å². The smallest absolute Gasteiger partial charge is 0.264 e. The van der Waals surface area contributed by atoms with Gasteiger partial charge in [0, 0.05) is 12.6 Å². The van der Waals surface area contributed by atoms with Gasteiger partial charge in [-0.2, -0.15) is 0 Å². The summed E-state index contributed by atoms with van der Waals surface area (Å²) in [4.78, 5) is 28.5. The van der Waals surface area contributed by atoms with E-state index < -0.39 is 28.5 Å². The third-order valence-corrected chi connectivity index (χ3v) is 9.26. The van der Waals surface area contributed by atoms with E-state index >= 15 is 0 Å². The second-order valence-corrected chi connectivity index (χ2v) is 12.4. The van der Waals surface area contributed by atoms with Crippen LogP contribution in [0.25, 0.3) is 0 Å². The molecule has 0 unspecified atom stereocenters. The van der Waals surface area contributed by atoms with E-state index in [-0.39, 0.29) is 39.1 Å². The fourth-order valence-corrected chi connectivity index (χ4v) is 5.74.